The fraction of sp³-hybridized carbons (Fsp3) is 0.385. The van der Waals surface area contributed by atoms with Crippen molar-refractivity contribution in [3.63, 3.8) is 0 Å². The first-order valence-electron chi connectivity index (χ1n) is 6.19. The second-order valence-electron chi connectivity index (χ2n) is 4.66. The van der Waals surface area contributed by atoms with Crippen molar-refractivity contribution in [2.75, 3.05) is 26.0 Å². The first kappa shape index (κ1) is 15.6. The molecular formula is C13H14F3N3OS. The van der Waals surface area contributed by atoms with Crippen LogP contribution in [-0.2, 0) is 11.0 Å². The fourth-order valence-electron chi connectivity index (χ4n) is 1.68. The average molecular weight is 317 g/mol. The van der Waals surface area contributed by atoms with Crippen molar-refractivity contribution in [2.24, 2.45) is 0 Å². The average Bonchev–Trinajstić information content (AvgIpc) is 2.78. The SMILES string of the molecule is CN(C)C(=O)CCNc1nc2cc(C(F)(F)F)ccc2s1. The number of nitrogens with one attached hydrogen (secondary N) is 1. The summed E-state index contributed by atoms with van der Waals surface area (Å²) in [5.41, 5.74) is -0.411. The Hall–Kier alpha value is -1.83. The molecular weight excluding hydrogens is 303 g/mol. The molecule has 8 heteroatoms. The molecule has 2 aromatic rings. The largest absolute Gasteiger partial charge is 0.416 e. The van der Waals surface area contributed by atoms with E-state index in [1.807, 2.05) is 0 Å². The maximum absolute atomic E-state index is 12.6. The van der Waals surface area contributed by atoms with Crippen LogP contribution < -0.4 is 5.32 Å². The van der Waals surface area contributed by atoms with Crippen LogP contribution >= 0.6 is 11.3 Å². The van der Waals surface area contributed by atoms with Crippen LogP contribution in [0.2, 0.25) is 0 Å². The van der Waals surface area contributed by atoms with Gasteiger partial charge in [-0.05, 0) is 18.2 Å². The number of benzene rings is 1. The van der Waals surface area contributed by atoms with E-state index in [0.717, 1.165) is 12.1 Å². The molecule has 4 nitrogen and oxygen atoms in total. The van der Waals surface area contributed by atoms with E-state index in [4.69, 9.17) is 0 Å². The van der Waals surface area contributed by atoms with E-state index in [1.54, 1.807) is 14.1 Å². The quantitative estimate of drug-likeness (QED) is 0.942. The van der Waals surface area contributed by atoms with Crippen LogP contribution in [0.4, 0.5) is 18.3 Å². The summed E-state index contributed by atoms with van der Waals surface area (Å²) in [6, 6.07) is 3.48. The summed E-state index contributed by atoms with van der Waals surface area (Å²) in [4.78, 5) is 17.0. The summed E-state index contributed by atoms with van der Waals surface area (Å²) in [5, 5.41) is 3.47. The van der Waals surface area contributed by atoms with Gasteiger partial charge in [0.1, 0.15) is 0 Å². The minimum Gasteiger partial charge on any atom is -0.361 e. The monoisotopic (exact) mass is 317 g/mol. The maximum atomic E-state index is 12.6. The third-order valence-electron chi connectivity index (χ3n) is 2.83. The molecule has 0 atom stereocenters. The topological polar surface area (TPSA) is 45.2 Å². The Labute approximate surface area is 123 Å². The summed E-state index contributed by atoms with van der Waals surface area (Å²) >= 11 is 1.26. The number of rotatable bonds is 4. The normalized spacial score (nSPS) is 11.7. The highest BCUT2D eigenvalue weighted by Crippen LogP contribution is 2.33. The molecule has 0 fully saturated rings. The smallest absolute Gasteiger partial charge is 0.361 e. The number of carbonyl (C=O) groups excluding carboxylic acids is 1. The van der Waals surface area contributed by atoms with Gasteiger partial charge in [0.05, 0.1) is 15.8 Å². The molecule has 0 saturated carbocycles. The molecule has 0 aliphatic carbocycles. The number of hydrogen-bond acceptors (Lipinski definition) is 4. The molecule has 0 aliphatic heterocycles. The number of halogens is 3. The lowest BCUT2D eigenvalue weighted by atomic mass is 10.2. The molecule has 0 radical (unpaired) electrons. The fourth-order valence-corrected chi connectivity index (χ4v) is 2.55. The third kappa shape index (κ3) is 3.84. The lowest BCUT2D eigenvalue weighted by Gasteiger charge is -2.09. The number of fused-ring (bicyclic) bond motifs is 1. The summed E-state index contributed by atoms with van der Waals surface area (Å²) in [6.07, 6.45) is -4.07. The van der Waals surface area contributed by atoms with Gasteiger partial charge in [0, 0.05) is 27.1 Å². The number of alkyl halides is 3. The van der Waals surface area contributed by atoms with Crippen molar-refractivity contribution in [3.8, 4) is 0 Å². The van der Waals surface area contributed by atoms with E-state index < -0.39 is 11.7 Å². The van der Waals surface area contributed by atoms with Gasteiger partial charge in [0.2, 0.25) is 5.91 Å². The van der Waals surface area contributed by atoms with E-state index in [0.29, 0.717) is 28.3 Å². The van der Waals surface area contributed by atoms with Gasteiger partial charge in [0.15, 0.2) is 5.13 Å². The van der Waals surface area contributed by atoms with E-state index in [-0.39, 0.29) is 5.91 Å². The zero-order valence-electron chi connectivity index (χ0n) is 11.5. The highest BCUT2D eigenvalue weighted by Gasteiger charge is 2.30. The Kier molecular flexibility index (Phi) is 4.36. The predicted molar refractivity (Wildman–Crippen MR) is 76.4 cm³/mol. The second-order valence-corrected chi connectivity index (χ2v) is 5.69. The van der Waals surface area contributed by atoms with Crippen LogP contribution in [0, 0.1) is 0 Å². The van der Waals surface area contributed by atoms with Crippen LogP contribution in [0.15, 0.2) is 18.2 Å². The number of carbonyl (C=O) groups is 1. The minimum atomic E-state index is -4.37. The van der Waals surface area contributed by atoms with Gasteiger partial charge in [-0.25, -0.2) is 4.98 Å². The number of thiazole rings is 1. The van der Waals surface area contributed by atoms with Crippen molar-refractivity contribution < 1.29 is 18.0 Å². The summed E-state index contributed by atoms with van der Waals surface area (Å²) in [6.45, 7) is 0.392. The van der Waals surface area contributed by atoms with Crippen molar-refractivity contribution >= 4 is 32.6 Å². The Morgan fingerprint density at radius 1 is 1.38 bits per heavy atom. The molecule has 21 heavy (non-hydrogen) atoms. The van der Waals surface area contributed by atoms with Crippen LogP contribution in [0.1, 0.15) is 12.0 Å². The van der Waals surface area contributed by atoms with Crippen molar-refractivity contribution in [3.05, 3.63) is 23.8 Å². The minimum absolute atomic E-state index is 0.0250. The predicted octanol–water partition coefficient (Wildman–Crippen LogP) is 3.21. The van der Waals surface area contributed by atoms with Gasteiger partial charge in [-0.2, -0.15) is 13.2 Å². The molecule has 2 rings (SSSR count). The lowest BCUT2D eigenvalue weighted by Crippen LogP contribution is -2.23. The van der Waals surface area contributed by atoms with Gasteiger partial charge < -0.3 is 10.2 Å². The van der Waals surface area contributed by atoms with E-state index in [1.165, 1.54) is 22.3 Å². The van der Waals surface area contributed by atoms with Crippen molar-refractivity contribution in [2.45, 2.75) is 12.6 Å². The Morgan fingerprint density at radius 2 is 2.10 bits per heavy atom. The molecule has 0 aliphatic rings. The molecule has 1 aromatic carbocycles. The van der Waals surface area contributed by atoms with Gasteiger partial charge in [-0.3, -0.25) is 4.79 Å². The summed E-state index contributed by atoms with van der Waals surface area (Å²) < 4.78 is 38.5. The standard InChI is InChI=1S/C13H14F3N3OS/c1-19(2)11(20)5-6-17-12-18-9-7-8(13(14,15)16)3-4-10(9)21-12/h3-4,7H,5-6H2,1-2H3,(H,17,18). The lowest BCUT2D eigenvalue weighted by molar-refractivity contribution is -0.137. The number of anilines is 1. The van der Waals surface area contributed by atoms with Gasteiger partial charge in [-0.15, -0.1) is 0 Å². The molecule has 1 N–H and O–H groups in total. The zero-order valence-corrected chi connectivity index (χ0v) is 12.3. The summed E-state index contributed by atoms with van der Waals surface area (Å²) in [7, 11) is 3.33. The van der Waals surface area contributed by atoms with Crippen molar-refractivity contribution in [1.82, 2.24) is 9.88 Å². The van der Waals surface area contributed by atoms with Crippen LogP contribution in [0.25, 0.3) is 10.2 Å². The first-order chi connectivity index (χ1) is 9.77. The molecule has 0 bridgehead atoms. The zero-order chi connectivity index (χ0) is 15.6. The Balaban J connectivity index is 2.07. The Bertz CT molecular complexity index is 652. The number of amides is 1. The number of hydrogen-bond donors (Lipinski definition) is 1. The van der Waals surface area contributed by atoms with E-state index >= 15 is 0 Å². The van der Waals surface area contributed by atoms with Gasteiger partial charge in [0.25, 0.3) is 0 Å². The molecule has 0 unspecified atom stereocenters. The first-order valence-corrected chi connectivity index (χ1v) is 7.01. The van der Waals surface area contributed by atoms with Crippen LogP contribution in [0.3, 0.4) is 0 Å². The van der Waals surface area contributed by atoms with Crippen LogP contribution in [0.5, 0.6) is 0 Å². The number of nitrogens with zero attached hydrogens (tertiary/aromatic N) is 2. The molecule has 1 amide bonds. The van der Waals surface area contributed by atoms with Crippen LogP contribution in [-0.4, -0.2) is 36.4 Å². The highest BCUT2D eigenvalue weighted by molar-refractivity contribution is 7.22. The molecule has 0 saturated heterocycles. The van der Waals surface area contributed by atoms with E-state index in [9.17, 15) is 18.0 Å². The molecule has 1 aromatic heterocycles. The molecule has 114 valence electrons. The van der Waals surface area contributed by atoms with Gasteiger partial charge in [-0.1, -0.05) is 11.3 Å². The maximum Gasteiger partial charge on any atom is 0.416 e. The summed E-state index contributed by atoms with van der Waals surface area (Å²) in [5.74, 6) is -0.0250. The molecule has 1 heterocycles. The second kappa shape index (κ2) is 5.88. The van der Waals surface area contributed by atoms with Gasteiger partial charge >= 0.3 is 6.18 Å². The number of aromatic nitrogens is 1. The third-order valence-corrected chi connectivity index (χ3v) is 3.82. The highest BCUT2D eigenvalue weighted by atomic mass is 32.1. The Morgan fingerprint density at radius 3 is 2.71 bits per heavy atom. The molecule has 0 spiro atoms. The van der Waals surface area contributed by atoms with E-state index in [2.05, 4.69) is 10.3 Å². The van der Waals surface area contributed by atoms with Crippen molar-refractivity contribution in [1.29, 1.82) is 0 Å².